The van der Waals surface area contributed by atoms with Gasteiger partial charge in [-0.3, -0.25) is 0 Å². The summed E-state index contributed by atoms with van der Waals surface area (Å²) in [6, 6.07) is 81.9. The molecule has 3 aliphatic rings. The molecule has 288 valence electrons. The first kappa shape index (κ1) is 35.6. The average Bonchev–Trinajstić information content (AvgIpc) is 3.31. The van der Waals surface area contributed by atoms with Gasteiger partial charge in [-0.25, -0.2) is 0 Å². The van der Waals surface area contributed by atoms with E-state index in [2.05, 4.69) is 247 Å². The van der Waals surface area contributed by atoms with Gasteiger partial charge in [0.1, 0.15) is 0 Å². The Morgan fingerprint density at radius 1 is 0.328 bits per heavy atom. The van der Waals surface area contributed by atoms with Crippen molar-refractivity contribution in [3.63, 3.8) is 0 Å². The second kappa shape index (κ2) is 13.9. The molecule has 0 unspecified atom stereocenters. The summed E-state index contributed by atoms with van der Waals surface area (Å²) in [5.41, 5.74) is 17.3. The lowest BCUT2D eigenvalue weighted by atomic mass is 9.33. The van der Waals surface area contributed by atoms with Crippen molar-refractivity contribution in [3.8, 4) is 0 Å². The number of nitrogens with zero attached hydrogens (tertiary/aromatic N) is 3. The van der Waals surface area contributed by atoms with Crippen LogP contribution in [0.4, 0.5) is 51.2 Å². The first-order valence-corrected chi connectivity index (χ1v) is 23.3. The predicted octanol–water partition coefficient (Wildman–Crippen LogP) is 9.55. The van der Waals surface area contributed by atoms with Crippen molar-refractivity contribution in [1.82, 2.24) is 0 Å². The predicted molar refractivity (Wildman–Crippen MR) is 262 cm³/mol. The zero-order valence-electron chi connectivity index (χ0n) is 34.2. The Morgan fingerprint density at radius 3 is 1.33 bits per heavy atom. The molecule has 0 aromatic heterocycles. The molecule has 9 aromatic rings. The number of benzene rings is 9. The van der Waals surface area contributed by atoms with Gasteiger partial charge in [-0.05, 0) is 118 Å². The number of aryl methyl sites for hydroxylation is 2. The van der Waals surface area contributed by atoms with Gasteiger partial charge in [-0.1, -0.05) is 163 Å². The Labute approximate surface area is 359 Å². The first-order chi connectivity index (χ1) is 30.1. The van der Waals surface area contributed by atoms with Gasteiger partial charge in [0.05, 0.1) is 0 Å². The van der Waals surface area contributed by atoms with E-state index in [0.717, 1.165) is 17.1 Å². The average molecular weight is 796 g/mol. The molecule has 0 saturated heterocycles. The fourth-order valence-corrected chi connectivity index (χ4v) is 16.0. The van der Waals surface area contributed by atoms with Crippen molar-refractivity contribution in [3.05, 3.63) is 230 Å². The summed E-state index contributed by atoms with van der Waals surface area (Å²) in [4.78, 5) is 7.52. The monoisotopic (exact) mass is 795 g/mol. The molecular weight excluding hydrogens is 754 g/mol. The third-order valence-electron chi connectivity index (χ3n) is 13.2. The van der Waals surface area contributed by atoms with Crippen molar-refractivity contribution < 1.29 is 0 Å². The highest BCUT2D eigenvalue weighted by Crippen LogP contribution is 2.46. The maximum absolute atomic E-state index is 2.80. The molecule has 0 fully saturated rings. The van der Waals surface area contributed by atoms with E-state index in [-0.39, 0.29) is 6.71 Å². The maximum Gasteiger partial charge on any atom is 0.252 e. The third-order valence-corrected chi connectivity index (χ3v) is 18.0. The molecule has 9 aromatic carbocycles. The smallest absolute Gasteiger partial charge is 0.252 e. The Bertz CT molecular complexity index is 3040. The lowest BCUT2D eigenvalue weighted by molar-refractivity contribution is 1.24. The molecule has 3 aliphatic heterocycles. The number of para-hydroxylation sites is 3. The van der Waals surface area contributed by atoms with Crippen LogP contribution in [0.2, 0.25) is 0 Å². The van der Waals surface area contributed by atoms with E-state index in [4.69, 9.17) is 0 Å². The molecule has 5 heteroatoms. The molecule has 0 atom stereocenters. The van der Waals surface area contributed by atoms with Crippen LogP contribution in [0.25, 0.3) is 0 Å². The number of rotatable bonds is 5. The first-order valence-electron chi connectivity index (χ1n) is 21.3. The van der Waals surface area contributed by atoms with Gasteiger partial charge >= 0.3 is 0 Å². The summed E-state index contributed by atoms with van der Waals surface area (Å²) in [7, 11) is -2.80. The van der Waals surface area contributed by atoms with Gasteiger partial charge in [0.2, 0.25) is 0 Å². The molecule has 3 nitrogen and oxygen atoms in total. The minimum Gasteiger partial charge on any atom is -0.311 e. The quantitative estimate of drug-likeness (QED) is 0.161. The second-order valence-electron chi connectivity index (χ2n) is 16.6. The zero-order chi connectivity index (χ0) is 40.7. The molecular formula is C56H42BN3Si. The number of hydrogen-bond acceptors (Lipinski definition) is 3. The summed E-state index contributed by atoms with van der Waals surface area (Å²) < 4.78 is 0. The molecule has 12 rings (SSSR count). The van der Waals surface area contributed by atoms with E-state index in [0.29, 0.717) is 0 Å². The Morgan fingerprint density at radius 2 is 0.770 bits per heavy atom. The molecule has 0 amide bonds. The van der Waals surface area contributed by atoms with Gasteiger partial charge in [0, 0.05) is 51.2 Å². The van der Waals surface area contributed by atoms with Gasteiger partial charge < -0.3 is 14.7 Å². The number of fused-ring (bicyclic) bond motifs is 6. The topological polar surface area (TPSA) is 9.72 Å². The standard InChI is InChI=1S/C56H42BN3Si/c1-39-30-34-49-54(36-39)61(44-22-11-5-12-23-44,45-24-13-6-14-25-45)55-37-40(2)31-35-50(55)60(49)43-32-33-47-53(38-43)59(42-20-9-4-10-21-42)52-29-17-28-51-56(52)57(47)46-26-15-16-27-48(46)58(51)41-18-7-3-8-19-41/h3-38H,1-2H3. The van der Waals surface area contributed by atoms with E-state index in [1.807, 2.05) is 0 Å². The van der Waals surface area contributed by atoms with Gasteiger partial charge in [-0.15, -0.1) is 0 Å². The SMILES string of the molecule is Cc1ccc2c(c1)[Si](c1ccccc1)(c1ccccc1)c1cc(C)ccc1N2c1ccc2c(c1)N(c1ccccc1)c1cccc3c1B2c1ccccc1N3c1ccccc1. The van der Waals surface area contributed by atoms with Crippen LogP contribution in [0, 0.1) is 13.8 Å². The Kier molecular flexibility index (Phi) is 8.09. The Hall–Kier alpha value is -7.34. The van der Waals surface area contributed by atoms with Crippen LogP contribution in [0.5, 0.6) is 0 Å². The fourth-order valence-electron chi connectivity index (χ4n) is 10.7. The second-order valence-corrected chi connectivity index (χ2v) is 20.4. The van der Waals surface area contributed by atoms with E-state index < -0.39 is 8.07 Å². The third kappa shape index (κ3) is 5.24. The van der Waals surface area contributed by atoms with Gasteiger partial charge in [0.25, 0.3) is 6.71 Å². The van der Waals surface area contributed by atoms with Gasteiger partial charge in [0.15, 0.2) is 8.07 Å². The van der Waals surface area contributed by atoms with Crippen molar-refractivity contribution in [2.24, 2.45) is 0 Å². The molecule has 0 saturated carbocycles. The van der Waals surface area contributed by atoms with Crippen LogP contribution < -0.4 is 51.8 Å². The van der Waals surface area contributed by atoms with Crippen molar-refractivity contribution in [2.75, 3.05) is 14.7 Å². The molecule has 3 heterocycles. The summed E-state index contributed by atoms with van der Waals surface area (Å²) in [6.45, 7) is 4.54. The van der Waals surface area contributed by atoms with Crippen LogP contribution in [0.3, 0.4) is 0 Å². The highest BCUT2D eigenvalue weighted by Gasteiger charge is 2.49. The number of hydrogen-bond donors (Lipinski definition) is 0. The van der Waals surface area contributed by atoms with E-state index >= 15 is 0 Å². The van der Waals surface area contributed by atoms with Crippen LogP contribution in [-0.2, 0) is 0 Å². The van der Waals surface area contributed by atoms with Gasteiger partial charge in [-0.2, -0.15) is 0 Å². The molecule has 0 radical (unpaired) electrons. The maximum atomic E-state index is 2.56. The highest BCUT2D eigenvalue weighted by atomic mass is 28.3. The minimum absolute atomic E-state index is 0.0498. The van der Waals surface area contributed by atoms with Crippen molar-refractivity contribution >= 4 is 103 Å². The van der Waals surface area contributed by atoms with Crippen molar-refractivity contribution in [1.29, 1.82) is 0 Å². The summed E-state index contributed by atoms with van der Waals surface area (Å²) in [6.07, 6.45) is 0. The molecule has 0 bridgehead atoms. The Balaban J connectivity index is 1.13. The molecule has 61 heavy (non-hydrogen) atoms. The summed E-state index contributed by atoms with van der Waals surface area (Å²) in [5, 5.41) is 5.62. The van der Waals surface area contributed by atoms with Crippen LogP contribution in [-0.4, -0.2) is 14.8 Å². The molecule has 0 N–H and O–H groups in total. The largest absolute Gasteiger partial charge is 0.311 e. The summed E-state index contributed by atoms with van der Waals surface area (Å²) >= 11 is 0. The van der Waals surface area contributed by atoms with E-state index in [1.54, 1.807) is 0 Å². The highest BCUT2D eigenvalue weighted by molar-refractivity contribution is 7.21. The van der Waals surface area contributed by atoms with Crippen LogP contribution in [0.15, 0.2) is 218 Å². The minimum atomic E-state index is -2.80. The normalized spacial score (nSPS) is 14.1. The lowest BCUT2D eigenvalue weighted by Crippen LogP contribution is -2.77. The van der Waals surface area contributed by atoms with Crippen LogP contribution in [0.1, 0.15) is 11.1 Å². The van der Waals surface area contributed by atoms with E-state index in [1.165, 1.54) is 82.4 Å². The molecule has 0 aliphatic carbocycles. The molecule has 0 spiro atoms. The van der Waals surface area contributed by atoms with Crippen LogP contribution >= 0.6 is 0 Å². The zero-order valence-corrected chi connectivity index (χ0v) is 35.2. The number of anilines is 9. The van der Waals surface area contributed by atoms with Crippen molar-refractivity contribution in [2.45, 2.75) is 13.8 Å². The fraction of sp³-hybridized carbons (Fsp3) is 0.0357. The summed E-state index contributed by atoms with van der Waals surface area (Å²) in [5.74, 6) is 0. The lowest BCUT2D eigenvalue weighted by Gasteiger charge is -2.46. The van der Waals surface area contributed by atoms with E-state index in [9.17, 15) is 0 Å².